The molecule has 0 saturated heterocycles. The van der Waals surface area contributed by atoms with Gasteiger partial charge in [-0.25, -0.2) is 0 Å². The van der Waals surface area contributed by atoms with Gasteiger partial charge in [-0.3, -0.25) is 0 Å². The van der Waals surface area contributed by atoms with E-state index < -0.39 is 9.28 Å². The van der Waals surface area contributed by atoms with Crippen molar-refractivity contribution in [1.82, 2.24) is 0 Å². The molecule has 0 aromatic heterocycles. The molecule has 0 saturated carbocycles. The fraction of sp³-hybridized carbons (Fsp3) is 0.818. The summed E-state index contributed by atoms with van der Waals surface area (Å²) in [7, 11) is -1.15. The van der Waals surface area contributed by atoms with Crippen molar-refractivity contribution >= 4 is 9.28 Å². The summed E-state index contributed by atoms with van der Waals surface area (Å²) in [5, 5.41) is 0. The van der Waals surface area contributed by atoms with Gasteiger partial charge in [0, 0.05) is 19.3 Å². The zero-order valence-corrected chi connectivity index (χ0v) is 11.1. The second kappa shape index (κ2) is 10.4. The summed E-state index contributed by atoms with van der Waals surface area (Å²) in [5.74, 6) is 0. The Morgan fingerprint density at radius 1 is 1.20 bits per heavy atom. The van der Waals surface area contributed by atoms with Crippen LogP contribution in [0.15, 0.2) is 12.7 Å². The lowest BCUT2D eigenvalue weighted by atomic mass is 10.3. The minimum Gasteiger partial charge on any atom is -0.394 e. The van der Waals surface area contributed by atoms with Crippen LogP contribution in [0, 0.1) is 0 Å². The Kier molecular flexibility index (Phi) is 10.2. The summed E-state index contributed by atoms with van der Waals surface area (Å²) in [5.41, 5.74) is 0. The average Bonchev–Trinajstić information content (AvgIpc) is 2.24. The number of ether oxygens (including phenoxy) is 1. The molecule has 1 radical (unpaired) electrons. The highest BCUT2D eigenvalue weighted by atomic mass is 28.3. The molecule has 0 aromatic rings. The first-order valence-corrected chi connectivity index (χ1v) is 7.14. The minimum absolute atomic E-state index is 0.231. The molecule has 0 bridgehead atoms. The van der Waals surface area contributed by atoms with Crippen LogP contribution in [0.3, 0.4) is 0 Å². The molecule has 0 heterocycles. The van der Waals surface area contributed by atoms with Crippen LogP contribution in [0.2, 0.25) is 6.04 Å². The van der Waals surface area contributed by atoms with E-state index in [9.17, 15) is 0 Å². The second-order valence-corrected chi connectivity index (χ2v) is 4.82. The molecule has 0 aliphatic carbocycles. The van der Waals surface area contributed by atoms with Crippen LogP contribution in [0.25, 0.3) is 0 Å². The van der Waals surface area contributed by atoms with Gasteiger partial charge in [0.25, 0.3) is 0 Å². The molecule has 1 atom stereocenters. The first kappa shape index (κ1) is 14.8. The highest BCUT2D eigenvalue weighted by Gasteiger charge is 2.20. The van der Waals surface area contributed by atoms with Gasteiger partial charge in [-0.15, -0.1) is 6.58 Å². The summed E-state index contributed by atoms with van der Waals surface area (Å²) < 4.78 is 16.7. The highest BCUT2D eigenvalue weighted by Crippen LogP contribution is 2.10. The Bertz CT molecular complexity index is 147. The van der Waals surface area contributed by atoms with Gasteiger partial charge in [0.05, 0.1) is 12.7 Å². The Hall–Kier alpha value is -0.163. The Morgan fingerprint density at radius 2 is 1.80 bits per heavy atom. The van der Waals surface area contributed by atoms with Crippen LogP contribution < -0.4 is 0 Å². The minimum atomic E-state index is -1.15. The summed E-state index contributed by atoms with van der Waals surface area (Å²) in [6, 6.07) is 0.886. The summed E-state index contributed by atoms with van der Waals surface area (Å²) in [6.45, 7) is 11.8. The fourth-order valence-corrected chi connectivity index (χ4v) is 2.93. The van der Waals surface area contributed by atoms with Gasteiger partial charge in [-0.1, -0.05) is 13.0 Å². The van der Waals surface area contributed by atoms with Crippen LogP contribution in [-0.4, -0.2) is 35.2 Å². The predicted octanol–water partition coefficient (Wildman–Crippen LogP) is 2.53. The van der Waals surface area contributed by atoms with Gasteiger partial charge in [0.1, 0.15) is 0 Å². The molecule has 0 rings (SSSR count). The van der Waals surface area contributed by atoms with Crippen molar-refractivity contribution in [2.75, 3.05) is 19.8 Å². The maximum absolute atomic E-state index is 5.61. The topological polar surface area (TPSA) is 27.7 Å². The van der Waals surface area contributed by atoms with E-state index >= 15 is 0 Å². The van der Waals surface area contributed by atoms with E-state index in [0.717, 1.165) is 12.5 Å². The lowest BCUT2D eigenvalue weighted by Gasteiger charge is -2.19. The van der Waals surface area contributed by atoms with E-state index in [2.05, 4.69) is 13.5 Å². The van der Waals surface area contributed by atoms with Crippen LogP contribution in [-0.2, 0) is 13.6 Å². The van der Waals surface area contributed by atoms with Gasteiger partial charge in [-0.05, 0) is 20.3 Å². The summed E-state index contributed by atoms with van der Waals surface area (Å²) in [6.07, 6.45) is 2.99. The molecule has 0 spiro atoms. The molecule has 3 nitrogen and oxygen atoms in total. The summed E-state index contributed by atoms with van der Waals surface area (Å²) >= 11 is 0. The molecule has 0 aliphatic rings. The Morgan fingerprint density at radius 3 is 2.20 bits per heavy atom. The first-order valence-electron chi connectivity index (χ1n) is 5.62. The number of hydrogen-bond donors (Lipinski definition) is 0. The lowest BCUT2D eigenvalue weighted by molar-refractivity contribution is 0.0756. The fourth-order valence-electron chi connectivity index (χ4n) is 1.19. The second-order valence-electron chi connectivity index (χ2n) is 3.09. The zero-order chi connectivity index (χ0) is 11.5. The van der Waals surface area contributed by atoms with E-state index in [1.165, 1.54) is 0 Å². The smallest absolute Gasteiger partial charge is 0.387 e. The molecular formula is C11H23O3Si. The van der Waals surface area contributed by atoms with Crippen molar-refractivity contribution in [2.24, 2.45) is 0 Å². The Balaban J connectivity index is 3.90. The van der Waals surface area contributed by atoms with Crippen LogP contribution in [0.1, 0.15) is 27.2 Å². The molecule has 4 heteroatoms. The van der Waals surface area contributed by atoms with Crippen molar-refractivity contribution in [3.63, 3.8) is 0 Å². The maximum atomic E-state index is 5.61. The maximum Gasteiger partial charge on any atom is 0.387 e. The molecule has 0 aromatic carbocycles. The molecule has 0 aliphatic heterocycles. The SMILES string of the molecule is C=CCOC(CC)C[Si](OCC)OCC. The van der Waals surface area contributed by atoms with Gasteiger partial charge < -0.3 is 13.6 Å². The average molecular weight is 231 g/mol. The third-order valence-corrected chi connectivity index (χ3v) is 3.92. The molecule has 0 fully saturated rings. The van der Waals surface area contributed by atoms with Crippen molar-refractivity contribution in [3.05, 3.63) is 12.7 Å². The molecular weight excluding hydrogens is 208 g/mol. The van der Waals surface area contributed by atoms with Crippen molar-refractivity contribution < 1.29 is 13.6 Å². The third kappa shape index (κ3) is 7.73. The van der Waals surface area contributed by atoms with E-state index in [4.69, 9.17) is 13.6 Å². The highest BCUT2D eigenvalue weighted by molar-refractivity contribution is 6.44. The van der Waals surface area contributed by atoms with Gasteiger partial charge >= 0.3 is 9.28 Å². The van der Waals surface area contributed by atoms with Crippen molar-refractivity contribution in [1.29, 1.82) is 0 Å². The van der Waals surface area contributed by atoms with E-state index in [0.29, 0.717) is 19.8 Å². The van der Waals surface area contributed by atoms with Crippen molar-refractivity contribution in [3.8, 4) is 0 Å². The third-order valence-electron chi connectivity index (χ3n) is 1.91. The van der Waals surface area contributed by atoms with Crippen LogP contribution >= 0.6 is 0 Å². The van der Waals surface area contributed by atoms with Gasteiger partial charge in [0.2, 0.25) is 0 Å². The normalized spacial score (nSPS) is 13.1. The number of hydrogen-bond acceptors (Lipinski definition) is 3. The number of rotatable bonds is 10. The van der Waals surface area contributed by atoms with Gasteiger partial charge in [-0.2, -0.15) is 0 Å². The lowest BCUT2D eigenvalue weighted by Crippen LogP contribution is -2.29. The summed E-state index contributed by atoms with van der Waals surface area (Å²) in [4.78, 5) is 0. The predicted molar refractivity (Wildman–Crippen MR) is 64.0 cm³/mol. The van der Waals surface area contributed by atoms with E-state index in [1.807, 2.05) is 13.8 Å². The van der Waals surface area contributed by atoms with E-state index in [1.54, 1.807) is 6.08 Å². The monoisotopic (exact) mass is 231 g/mol. The molecule has 15 heavy (non-hydrogen) atoms. The van der Waals surface area contributed by atoms with Crippen molar-refractivity contribution in [2.45, 2.75) is 39.3 Å². The Labute approximate surface area is 95.3 Å². The quantitative estimate of drug-likeness (QED) is 0.427. The zero-order valence-electron chi connectivity index (χ0n) is 10.1. The molecule has 1 unspecified atom stereocenters. The largest absolute Gasteiger partial charge is 0.394 e. The molecule has 0 amide bonds. The standard InChI is InChI=1S/C11H23O3Si/c1-5-9-12-11(6-2)10-15(13-7-3)14-8-4/h5,11H,1,6-10H2,2-4H3. The molecule has 0 N–H and O–H groups in total. The first-order chi connectivity index (χ1) is 7.28. The molecule has 89 valence electrons. The van der Waals surface area contributed by atoms with Crippen LogP contribution in [0.5, 0.6) is 0 Å². The van der Waals surface area contributed by atoms with Gasteiger partial charge in [0.15, 0.2) is 0 Å². The van der Waals surface area contributed by atoms with Crippen LogP contribution in [0.4, 0.5) is 0 Å². The van der Waals surface area contributed by atoms with E-state index in [-0.39, 0.29) is 6.10 Å².